The van der Waals surface area contributed by atoms with Crippen LogP contribution in [0.5, 0.6) is 28.7 Å². The molecule has 2 N–H and O–H groups in total. The summed E-state index contributed by atoms with van der Waals surface area (Å²) in [6, 6.07) is 40.4. The second kappa shape index (κ2) is 47.2. The van der Waals surface area contributed by atoms with Crippen molar-refractivity contribution in [2.24, 2.45) is 0 Å². The Morgan fingerprint density at radius 2 is 0.849 bits per heavy atom. The number of halogens is 7. The monoisotopic (exact) mass is 2110 g/mol. The third-order valence-corrected chi connectivity index (χ3v) is 28.2. The molecular weight excluding hydrogens is 2000 g/mol. The van der Waals surface area contributed by atoms with Crippen molar-refractivity contribution in [2.75, 3.05) is 216 Å². The van der Waals surface area contributed by atoms with Gasteiger partial charge in [-0.15, -0.1) is 4.68 Å². The van der Waals surface area contributed by atoms with Crippen LogP contribution in [0.1, 0.15) is 6.92 Å². The van der Waals surface area contributed by atoms with Crippen molar-refractivity contribution in [3.63, 3.8) is 0 Å². The Labute approximate surface area is 869 Å². The lowest BCUT2D eigenvalue weighted by atomic mass is 10.1. The van der Waals surface area contributed by atoms with E-state index in [0.717, 1.165) is 142 Å². The Balaban J connectivity index is 0.000000125. The molecule has 146 heavy (non-hydrogen) atoms. The Morgan fingerprint density at radius 1 is 0.411 bits per heavy atom. The molecule has 5 amide bonds. The van der Waals surface area contributed by atoms with Crippen LogP contribution in [-0.4, -0.2) is 321 Å². The van der Waals surface area contributed by atoms with Gasteiger partial charge in [0, 0.05) is 237 Å². The van der Waals surface area contributed by atoms with Crippen LogP contribution in [0.3, 0.4) is 0 Å². The normalized spacial score (nSPS) is 15.6. The Bertz CT molecular complexity index is 7180. The maximum atomic E-state index is 14.5. The molecule has 6 fully saturated rings. The third kappa shape index (κ3) is 23.9. The molecule has 0 saturated carbocycles. The van der Waals surface area contributed by atoms with Crippen LogP contribution >= 0.6 is 69.6 Å². The molecule has 10 aromatic heterocycles. The van der Waals surface area contributed by atoms with Gasteiger partial charge >= 0.3 is 5.65 Å². The molecule has 15 aromatic rings. The van der Waals surface area contributed by atoms with E-state index in [9.17, 15) is 38.8 Å². The number of pyridine rings is 5. The number of carbonyl (C=O) groups excluding carboxylic acids is 5. The molecule has 0 aliphatic carbocycles. The maximum Gasteiger partial charge on any atom is 0.350 e. The molecule has 1 atom stereocenters. The van der Waals surface area contributed by atoms with Gasteiger partial charge in [0.1, 0.15) is 77.6 Å². The number of hydrogen-bond acceptors (Lipinski definition) is 27. The zero-order valence-corrected chi connectivity index (χ0v) is 85.5. The number of morpholine rings is 1. The van der Waals surface area contributed by atoms with E-state index in [1.165, 1.54) is 34.9 Å². The van der Waals surface area contributed by atoms with Gasteiger partial charge in [-0.05, 0) is 109 Å². The summed E-state index contributed by atoms with van der Waals surface area (Å²) in [5.41, 5.74) is 7.86. The second-order valence-corrected chi connectivity index (χ2v) is 37.4. The molecule has 0 radical (unpaired) electrons. The molecule has 6 aliphatic heterocycles. The highest BCUT2D eigenvalue weighted by atomic mass is 35.5. The molecule has 21 rings (SSSR count). The van der Waals surface area contributed by atoms with E-state index < -0.39 is 5.82 Å². The average molecular weight is 2110 g/mol. The topological polar surface area (TPSA) is 352 Å². The predicted octanol–water partition coefficient (Wildman–Crippen LogP) is 11.5. The summed E-state index contributed by atoms with van der Waals surface area (Å²) in [4.78, 5) is 99.2. The minimum atomic E-state index is -0.404. The Kier molecular flexibility index (Phi) is 33.3. The van der Waals surface area contributed by atoms with Gasteiger partial charge in [-0.3, -0.25) is 38.8 Å². The average Bonchev–Trinajstić information content (AvgIpc) is 1.62. The number of carbonyl (C=O) groups is 5. The molecule has 46 heteroatoms. The number of rotatable bonds is 21. The first-order valence-corrected chi connectivity index (χ1v) is 49.6. The van der Waals surface area contributed by atoms with Crippen molar-refractivity contribution >= 4 is 188 Å². The second-order valence-electron chi connectivity index (χ2n) is 35.0. The number of methoxy groups -OCH3 is 5. The number of anilines is 6. The van der Waals surface area contributed by atoms with Crippen molar-refractivity contribution in [3.05, 3.63) is 232 Å². The summed E-state index contributed by atoms with van der Waals surface area (Å²) >= 11 is 36.8. The number of hydrogen-bond donors (Lipinski definition) is 2. The fourth-order valence-corrected chi connectivity index (χ4v) is 19.6. The lowest BCUT2D eigenvalue weighted by Crippen LogP contribution is -2.55. The molecule has 0 unspecified atom stereocenters. The van der Waals surface area contributed by atoms with Crippen LogP contribution < -0.4 is 62.5 Å². The first kappa shape index (κ1) is 103. The van der Waals surface area contributed by atoms with Gasteiger partial charge in [-0.25, -0.2) is 28.4 Å². The van der Waals surface area contributed by atoms with E-state index in [-0.39, 0.29) is 73.3 Å². The fraction of sp³-hybridized carbons (Fsp3) is 0.350. The Hall–Kier alpha value is -14.4. The molecule has 39 nitrogen and oxygen atoms in total. The molecular formula is C100H109Cl6FN26O13+2. The molecule has 0 bridgehead atoms. The summed E-state index contributed by atoms with van der Waals surface area (Å²) in [7, 11) is 7.90. The predicted molar refractivity (Wildman–Crippen MR) is 553 cm³/mol. The highest BCUT2D eigenvalue weighted by Gasteiger charge is 2.34. The highest BCUT2D eigenvalue weighted by Crippen LogP contribution is 2.38. The molecule has 5 aromatic carbocycles. The molecule has 0 spiro atoms. The van der Waals surface area contributed by atoms with Gasteiger partial charge in [0.15, 0.2) is 23.7 Å². The summed E-state index contributed by atoms with van der Waals surface area (Å²) in [5, 5.41) is 48.8. The van der Waals surface area contributed by atoms with Crippen molar-refractivity contribution in [2.45, 2.75) is 45.7 Å². The zero-order valence-electron chi connectivity index (χ0n) is 81.0. The minimum absolute atomic E-state index is 0.00618. The molecule has 16 heterocycles. The minimum Gasteiger partial charge on any atom is -0.495 e. The third-order valence-electron chi connectivity index (χ3n) is 26.3. The SMILES string of the molecule is COc1cc(N2CCN(C(=O)Cn3nc(N4CCOCC4)c4cccnc43)CC2)ccc1Cl.COc1cc(N2CCN(C(=O)Cn3nc4ncccc4c3Cl)CC2)ccc1Cl.COc1cc(N2CCN(C(=O)Cn3ncc4cc[n+](O)cc43)CC2)ccc1Cl.COc1cc(N2CCN(C(=O)Cn3ncc4ccc[n+](O)c43)CC2)ccc1Cl.COc1cc(N2CCN(C(=O)Cn3ncc4ccncc43)[C@@H](C)C2)c(F)cc1Cl. The van der Waals surface area contributed by atoms with E-state index in [4.69, 9.17) is 103 Å². The molecule has 6 aliphatic rings. The van der Waals surface area contributed by atoms with E-state index in [1.807, 2.05) is 139 Å². The number of amides is 5. The number of benzene rings is 5. The van der Waals surface area contributed by atoms with Crippen molar-refractivity contribution in [1.29, 1.82) is 0 Å². The van der Waals surface area contributed by atoms with Gasteiger partial charge in [0.05, 0.1) is 126 Å². The molecule has 764 valence electrons. The van der Waals surface area contributed by atoms with Gasteiger partial charge in [0.25, 0.3) is 5.91 Å². The first-order valence-electron chi connectivity index (χ1n) is 47.3. The highest BCUT2D eigenvalue weighted by molar-refractivity contribution is 6.35. The van der Waals surface area contributed by atoms with Gasteiger partial charge in [-0.1, -0.05) is 74.7 Å². The summed E-state index contributed by atoms with van der Waals surface area (Å²) in [6.45, 7) is 17.9. The first-order chi connectivity index (χ1) is 70.8. The van der Waals surface area contributed by atoms with E-state index in [0.29, 0.717) is 162 Å². The van der Waals surface area contributed by atoms with E-state index in [2.05, 4.69) is 59.8 Å². The number of piperazine rings is 5. The maximum absolute atomic E-state index is 14.5. The summed E-state index contributed by atoms with van der Waals surface area (Å²) in [6.07, 6.45) is 16.4. The smallest absolute Gasteiger partial charge is 0.350 e. The van der Waals surface area contributed by atoms with Crippen molar-refractivity contribution in [1.82, 2.24) is 88.4 Å². The largest absolute Gasteiger partial charge is 0.495 e. The van der Waals surface area contributed by atoms with Crippen molar-refractivity contribution < 1.29 is 76.7 Å². The summed E-state index contributed by atoms with van der Waals surface area (Å²) < 4.78 is 56.3. The summed E-state index contributed by atoms with van der Waals surface area (Å²) in [5.74, 6) is 3.46. The van der Waals surface area contributed by atoms with Crippen LogP contribution in [-0.2, 0) is 61.4 Å². The number of ether oxygens (including phenoxy) is 6. The van der Waals surface area contributed by atoms with Crippen LogP contribution in [0.2, 0.25) is 30.3 Å². The fourth-order valence-electron chi connectivity index (χ4n) is 18.3. The lowest BCUT2D eigenvalue weighted by molar-refractivity contribution is -0.904. The number of nitrogens with zero attached hydrogens (tertiary/aromatic N) is 26. The number of aromatic nitrogens is 15. The van der Waals surface area contributed by atoms with Crippen LogP contribution in [0.15, 0.2) is 195 Å². The van der Waals surface area contributed by atoms with Crippen molar-refractivity contribution in [3.8, 4) is 28.7 Å². The van der Waals surface area contributed by atoms with Gasteiger partial charge in [0.2, 0.25) is 36.0 Å². The quantitative estimate of drug-likeness (QED) is 0.0498. The van der Waals surface area contributed by atoms with Crippen LogP contribution in [0.4, 0.5) is 38.6 Å². The molecule has 6 saturated heterocycles. The van der Waals surface area contributed by atoms with E-state index in [1.54, 1.807) is 116 Å². The van der Waals surface area contributed by atoms with E-state index >= 15 is 0 Å². The zero-order chi connectivity index (χ0) is 102. The van der Waals surface area contributed by atoms with Gasteiger partial charge < -0.3 is 87.5 Å². The van der Waals surface area contributed by atoms with Gasteiger partial charge in [-0.2, -0.15) is 20.4 Å². The van der Waals surface area contributed by atoms with Crippen LogP contribution in [0, 0.1) is 5.82 Å². The standard InChI is InChI=1S/C23H27ClN6O3.C20H21ClFN5O2.C19H19Cl2N5O2.2C19H21ClN5O3/c1-32-20-15-17(4-5-19(20)24)27-7-9-28(10-8-27)21(31)16-30-22-18(3-2-6-25-22)23(26-30)29-11-13-33-14-12-29;1-13-11-25(17-8-19(29-2)15(21)7-16(17)22)5-6-26(13)20(28)12-27-18-10-23-4-3-14(18)9-24-27;1-28-16-11-13(4-5-15(16)20)24-7-9-25(10-8-24)17(27)12-26-18(21)14-3-2-6-22-19(14)23-26;1-28-18-10-15(2-3-16(18)20)22-6-8-23(9-7-22)19(26)13-25-17-12-24(27)5-4-14(17)11-21-25;1-28-17-11-15(4-5-16(17)20)22-7-9-23(10-8-22)18(26)13-24-19-14(12-21-24)3-2-6-25(19)27/h2-6,15H,7-14,16H2,1H3;3-4,7-10,13H,5-6,11-12H2,1-2H3;2-6,11H,7-10,12H2,1H3;2-5,10-12,27H,6-9,13H2,1H3;2-6,11-12,27H,7-10,13H2,1H3/q;;;2*+1/t;13-;;;/m.0.../s1. The number of fused-ring (bicyclic) bond motifs is 5. The Morgan fingerprint density at radius 3 is 1.35 bits per heavy atom. The lowest BCUT2D eigenvalue weighted by Gasteiger charge is -2.41. The van der Waals surface area contributed by atoms with Crippen LogP contribution in [0.25, 0.3) is 54.9 Å².